The Hall–Kier alpha value is -2.23. The van der Waals surface area contributed by atoms with Crippen molar-refractivity contribution in [1.29, 1.82) is 5.26 Å². The highest BCUT2D eigenvalue weighted by Gasteiger charge is 2.09. The second kappa shape index (κ2) is 8.15. The van der Waals surface area contributed by atoms with Gasteiger partial charge in [0, 0.05) is 17.8 Å². The molecule has 0 heterocycles. The molecule has 0 fully saturated rings. The first kappa shape index (κ1) is 16.8. The fourth-order valence-electron chi connectivity index (χ4n) is 1.28. The average molecular weight is 328 g/mol. The number of carbonyl (C=O) groups excluding carboxylic acids is 1. The van der Waals surface area contributed by atoms with Crippen molar-refractivity contribution in [2.45, 2.75) is 6.42 Å². The van der Waals surface area contributed by atoms with Gasteiger partial charge in [-0.15, -0.1) is 0 Å². The number of carboxylic acid groups (broad SMARTS) is 1. The Kier molecular flexibility index (Phi) is 6.53. The Morgan fingerprint density at radius 1 is 1.38 bits per heavy atom. The van der Waals surface area contributed by atoms with E-state index in [0.717, 1.165) is 0 Å². The number of hydrogen-bond acceptors (Lipinski definition) is 4. The second-order valence-corrected chi connectivity index (χ2v) is 4.68. The van der Waals surface area contributed by atoms with Crippen molar-refractivity contribution in [2.75, 3.05) is 11.9 Å². The first-order valence-corrected chi connectivity index (χ1v) is 6.51. The molecule has 0 spiro atoms. The summed E-state index contributed by atoms with van der Waals surface area (Å²) in [7, 11) is 0. The summed E-state index contributed by atoms with van der Waals surface area (Å²) in [5, 5.41) is 23.2. The minimum atomic E-state index is -1.04. The van der Waals surface area contributed by atoms with Crippen LogP contribution in [0.25, 0.3) is 0 Å². The Labute approximate surface area is 131 Å². The van der Waals surface area contributed by atoms with E-state index in [1.54, 1.807) is 18.2 Å². The highest BCUT2D eigenvalue weighted by molar-refractivity contribution is 6.35. The molecule has 0 aliphatic rings. The maximum absolute atomic E-state index is 11.6. The Bertz CT molecular complexity index is 624. The number of benzene rings is 1. The minimum Gasteiger partial charge on any atom is -0.481 e. The van der Waals surface area contributed by atoms with Gasteiger partial charge in [-0.3, -0.25) is 9.59 Å². The lowest BCUT2D eigenvalue weighted by Gasteiger charge is -2.06. The molecule has 21 heavy (non-hydrogen) atoms. The Morgan fingerprint density at radius 2 is 2.10 bits per heavy atom. The van der Waals surface area contributed by atoms with Crippen LogP contribution in [0.2, 0.25) is 10.0 Å². The monoisotopic (exact) mass is 327 g/mol. The van der Waals surface area contributed by atoms with Crippen LogP contribution in [0.3, 0.4) is 0 Å². The average Bonchev–Trinajstić information content (AvgIpc) is 2.42. The molecule has 1 aromatic carbocycles. The predicted octanol–water partition coefficient (Wildman–Crippen LogP) is 2.40. The van der Waals surface area contributed by atoms with Gasteiger partial charge in [0.1, 0.15) is 11.6 Å². The maximum Gasteiger partial charge on any atom is 0.305 e. The molecule has 0 bridgehead atoms. The SMILES string of the molecule is N#C/C(=C/Nc1cc(Cl)ccc1Cl)C(=O)NCCC(=O)O. The molecular weight excluding hydrogens is 317 g/mol. The first-order chi connectivity index (χ1) is 9.93. The van der Waals surface area contributed by atoms with E-state index < -0.39 is 11.9 Å². The molecule has 8 heteroatoms. The first-order valence-electron chi connectivity index (χ1n) is 5.76. The smallest absolute Gasteiger partial charge is 0.305 e. The summed E-state index contributed by atoms with van der Waals surface area (Å²) in [5.74, 6) is -1.72. The van der Waals surface area contributed by atoms with Crippen molar-refractivity contribution < 1.29 is 14.7 Å². The fraction of sp³-hybridized carbons (Fsp3) is 0.154. The third kappa shape index (κ3) is 5.73. The number of anilines is 1. The van der Waals surface area contributed by atoms with Crippen LogP contribution in [0, 0.1) is 11.3 Å². The lowest BCUT2D eigenvalue weighted by Crippen LogP contribution is -2.27. The van der Waals surface area contributed by atoms with Crippen molar-refractivity contribution in [1.82, 2.24) is 5.32 Å². The zero-order chi connectivity index (χ0) is 15.8. The highest BCUT2D eigenvalue weighted by Crippen LogP contribution is 2.25. The molecule has 0 aliphatic carbocycles. The molecule has 1 amide bonds. The van der Waals surface area contributed by atoms with Crippen LogP contribution in [-0.4, -0.2) is 23.5 Å². The molecule has 3 N–H and O–H groups in total. The molecule has 0 radical (unpaired) electrons. The number of rotatable bonds is 6. The number of carboxylic acids is 1. The maximum atomic E-state index is 11.6. The molecule has 1 rings (SSSR count). The second-order valence-electron chi connectivity index (χ2n) is 3.84. The Morgan fingerprint density at radius 3 is 2.71 bits per heavy atom. The number of carbonyl (C=O) groups is 2. The standard InChI is InChI=1S/C13H11Cl2N3O3/c14-9-1-2-10(15)11(5-9)18-7-8(6-16)13(21)17-4-3-12(19)20/h1-2,5,7,18H,3-4H2,(H,17,21)(H,19,20)/b8-7-. The molecule has 110 valence electrons. The van der Waals surface area contributed by atoms with Gasteiger partial charge in [-0.1, -0.05) is 23.2 Å². The summed E-state index contributed by atoms with van der Waals surface area (Å²) in [4.78, 5) is 22.0. The normalized spacial score (nSPS) is 10.6. The lowest BCUT2D eigenvalue weighted by atomic mass is 10.2. The molecular formula is C13H11Cl2N3O3. The molecule has 0 saturated heterocycles. The van der Waals surface area contributed by atoms with Gasteiger partial charge in [0.25, 0.3) is 5.91 Å². The topological polar surface area (TPSA) is 102 Å². The van der Waals surface area contributed by atoms with Crippen molar-refractivity contribution in [2.24, 2.45) is 0 Å². The van der Waals surface area contributed by atoms with Crippen LogP contribution in [0.1, 0.15) is 6.42 Å². The number of nitrogens with one attached hydrogen (secondary N) is 2. The van der Waals surface area contributed by atoms with Gasteiger partial charge in [-0.2, -0.15) is 5.26 Å². The van der Waals surface area contributed by atoms with Gasteiger partial charge in [-0.05, 0) is 18.2 Å². The van der Waals surface area contributed by atoms with E-state index in [0.29, 0.717) is 15.7 Å². The zero-order valence-corrected chi connectivity index (χ0v) is 12.2. The third-order valence-corrected chi connectivity index (χ3v) is 2.85. The fourth-order valence-corrected chi connectivity index (χ4v) is 1.63. The van der Waals surface area contributed by atoms with Gasteiger partial charge in [-0.25, -0.2) is 0 Å². The summed E-state index contributed by atoms with van der Waals surface area (Å²) in [6, 6.07) is 6.42. The van der Waals surface area contributed by atoms with Crippen molar-refractivity contribution in [3.05, 3.63) is 40.0 Å². The molecule has 0 unspecified atom stereocenters. The zero-order valence-electron chi connectivity index (χ0n) is 10.7. The van der Waals surface area contributed by atoms with E-state index in [2.05, 4.69) is 10.6 Å². The largest absolute Gasteiger partial charge is 0.481 e. The summed E-state index contributed by atoms with van der Waals surface area (Å²) in [6.45, 7) is -0.0644. The predicted molar refractivity (Wildman–Crippen MR) is 79.0 cm³/mol. The van der Waals surface area contributed by atoms with E-state index in [1.807, 2.05) is 0 Å². The Balaban J connectivity index is 2.71. The quantitative estimate of drug-likeness (QED) is 0.550. The van der Waals surface area contributed by atoms with E-state index in [-0.39, 0.29) is 18.5 Å². The molecule has 1 aromatic rings. The van der Waals surface area contributed by atoms with E-state index >= 15 is 0 Å². The van der Waals surface area contributed by atoms with Crippen LogP contribution in [0.5, 0.6) is 0 Å². The van der Waals surface area contributed by atoms with Gasteiger partial charge >= 0.3 is 5.97 Å². The van der Waals surface area contributed by atoms with Gasteiger partial charge in [0.15, 0.2) is 0 Å². The highest BCUT2D eigenvalue weighted by atomic mass is 35.5. The van der Waals surface area contributed by atoms with Gasteiger partial charge in [0.2, 0.25) is 0 Å². The van der Waals surface area contributed by atoms with Gasteiger partial charge in [0.05, 0.1) is 17.1 Å². The number of nitrogens with zero attached hydrogens (tertiary/aromatic N) is 1. The van der Waals surface area contributed by atoms with Crippen molar-refractivity contribution >= 4 is 40.8 Å². The number of halogens is 2. The van der Waals surface area contributed by atoms with E-state index in [1.165, 1.54) is 12.3 Å². The summed E-state index contributed by atoms with van der Waals surface area (Å²) >= 11 is 11.7. The molecule has 0 aromatic heterocycles. The van der Waals surface area contributed by atoms with Crippen LogP contribution in [0.4, 0.5) is 5.69 Å². The lowest BCUT2D eigenvalue weighted by molar-refractivity contribution is -0.136. The van der Waals surface area contributed by atoms with Crippen LogP contribution < -0.4 is 10.6 Å². The number of amides is 1. The van der Waals surface area contributed by atoms with Crippen LogP contribution in [0.15, 0.2) is 30.0 Å². The van der Waals surface area contributed by atoms with Crippen LogP contribution in [-0.2, 0) is 9.59 Å². The summed E-state index contributed by atoms with van der Waals surface area (Å²) in [6.07, 6.45) is 0.950. The van der Waals surface area contributed by atoms with Crippen molar-refractivity contribution in [3.63, 3.8) is 0 Å². The molecule has 6 nitrogen and oxygen atoms in total. The minimum absolute atomic E-state index is 0.0644. The summed E-state index contributed by atoms with van der Waals surface area (Å²) in [5.41, 5.74) is 0.228. The summed E-state index contributed by atoms with van der Waals surface area (Å²) < 4.78 is 0. The van der Waals surface area contributed by atoms with Crippen molar-refractivity contribution in [3.8, 4) is 6.07 Å². The van der Waals surface area contributed by atoms with Gasteiger partial charge < -0.3 is 15.7 Å². The molecule has 0 atom stereocenters. The number of aliphatic carboxylic acids is 1. The molecule has 0 aliphatic heterocycles. The number of hydrogen-bond donors (Lipinski definition) is 3. The molecule has 0 saturated carbocycles. The van der Waals surface area contributed by atoms with E-state index in [4.69, 9.17) is 33.6 Å². The van der Waals surface area contributed by atoms with E-state index in [9.17, 15) is 9.59 Å². The van der Waals surface area contributed by atoms with Crippen LogP contribution >= 0.6 is 23.2 Å². The number of nitriles is 1. The third-order valence-electron chi connectivity index (χ3n) is 2.29.